The van der Waals surface area contributed by atoms with Crippen LogP contribution in [0.4, 0.5) is 5.95 Å². The lowest BCUT2D eigenvalue weighted by atomic mass is 10.2. The molecular formula is C11H9BrClN3O2S. The average Bonchev–Trinajstić information content (AvgIpc) is 2.27. The van der Waals surface area contributed by atoms with Crippen molar-refractivity contribution in [3.8, 4) is 0 Å². The van der Waals surface area contributed by atoms with Crippen molar-refractivity contribution >= 4 is 43.5 Å². The van der Waals surface area contributed by atoms with E-state index in [2.05, 4.69) is 30.6 Å². The number of hydrogen-bond acceptors (Lipinski definition) is 4. The molecule has 1 heterocycles. The zero-order valence-electron chi connectivity index (χ0n) is 9.76. The van der Waals surface area contributed by atoms with Crippen LogP contribution in [0.3, 0.4) is 0 Å². The van der Waals surface area contributed by atoms with Gasteiger partial charge in [0.15, 0.2) is 0 Å². The van der Waals surface area contributed by atoms with Gasteiger partial charge in [-0.15, -0.1) is 0 Å². The standard InChI is InChI=1S/C11H9BrClN3O2S/c1-7-2-3-9(8(12)6-7)19(17,18)16-11-14-5-4-10(13)15-11/h2-6H,1H3,(H,14,15,16). The summed E-state index contributed by atoms with van der Waals surface area (Å²) >= 11 is 8.90. The van der Waals surface area contributed by atoms with E-state index in [4.69, 9.17) is 11.6 Å². The minimum Gasteiger partial charge on any atom is -0.247 e. The lowest BCUT2D eigenvalue weighted by Gasteiger charge is -2.08. The highest BCUT2D eigenvalue weighted by molar-refractivity contribution is 9.10. The van der Waals surface area contributed by atoms with Crippen LogP contribution in [0.2, 0.25) is 5.15 Å². The SMILES string of the molecule is Cc1ccc(S(=O)(=O)Nc2nccc(Cl)n2)c(Br)c1. The average molecular weight is 363 g/mol. The van der Waals surface area contributed by atoms with Crippen LogP contribution < -0.4 is 4.72 Å². The monoisotopic (exact) mass is 361 g/mol. The fourth-order valence-electron chi connectivity index (χ4n) is 1.38. The predicted octanol–water partition coefficient (Wildman–Crippen LogP) is 3.00. The van der Waals surface area contributed by atoms with Crippen molar-refractivity contribution in [2.75, 3.05) is 4.72 Å². The molecular weight excluding hydrogens is 354 g/mol. The number of aromatic nitrogens is 2. The molecule has 0 bridgehead atoms. The van der Waals surface area contributed by atoms with Crippen molar-refractivity contribution < 1.29 is 8.42 Å². The maximum atomic E-state index is 12.2. The van der Waals surface area contributed by atoms with E-state index in [0.29, 0.717) is 4.47 Å². The number of aryl methyl sites for hydroxylation is 1. The zero-order chi connectivity index (χ0) is 14.0. The summed E-state index contributed by atoms with van der Waals surface area (Å²) in [6.07, 6.45) is 1.37. The molecule has 1 aromatic heterocycles. The molecule has 2 rings (SSSR count). The first-order valence-corrected chi connectivity index (χ1v) is 7.81. The minimum absolute atomic E-state index is 0.0695. The van der Waals surface area contributed by atoms with E-state index in [0.717, 1.165) is 5.56 Å². The van der Waals surface area contributed by atoms with Crippen molar-refractivity contribution in [1.29, 1.82) is 0 Å². The van der Waals surface area contributed by atoms with Crippen LogP contribution in [0.25, 0.3) is 0 Å². The summed E-state index contributed by atoms with van der Waals surface area (Å²) in [5, 5.41) is 0.163. The zero-order valence-corrected chi connectivity index (χ0v) is 12.9. The lowest BCUT2D eigenvalue weighted by Crippen LogP contribution is -2.15. The molecule has 5 nitrogen and oxygen atoms in total. The molecule has 0 aliphatic rings. The van der Waals surface area contributed by atoms with Crippen molar-refractivity contribution in [2.24, 2.45) is 0 Å². The second kappa shape index (κ2) is 5.44. The topological polar surface area (TPSA) is 72.0 Å². The molecule has 0 amide bonds. The highest BCUT2D eigenvalue weighted by Gasteiger charge is 2.18. The maximum absolute atomic E-state index is 12.2. The van der Waals surface area contributed by atoms with Crippen LogP contribution >= 0.6 is 27.5 Å². The summed E-state index contributed by atoms with van der Waals surface area (Å²) in [4.78, 5) is 7.69. The van der Waals surface area contributed by atoms with Gasteiger partial charge >= 0.3 is 0 Å². The number of anilines is 1. The molecule has 0 aliphatic heterocycles. The van der Waals surface area contributed by atoms with Crippen molar-refractivity contribution in [2.45, 2.75) is 11.8 Å². The van der Waals surface area contributed by atoms with Gasteiger partial charge in [0.25, 0.3) is 10.0 Å². The molecule has 0 spiro atoms. The summed E-state index contributed by atoms with van der Waals surface area (Å²) in [7, 11) is -3.76. The minimum atomic E-state index is -3.76. The molecule has 19 heavy (non-hydrogen) atoms. The normalized spacial score (nSPS) is 11.3. The molecule has 0 aliphatic carbocycles. The van der Waals surface area contributed by atoms with Crippen LogP contribution in [0.1, 0.15) is 5.56 Å². The van der Waals surface area contributed by atoms with Crippen LogP contribution in [-0.2, 0) is 10.0 Å². The lowest BCUT2D eigenvalue weighted by molar-refractivity contribution is 0.600. The molecule has 0 saturated carbocycles. The number of sulfonamides is 1. The summed E-state index contributed by atoms with van der Waals surface area (Å²) in [6.45, 7) is 1.87. The molecule has 1 aromatic carbocycles. The van der Waals surface area contributed by atoms with E-state index in [1.165, 1.54) is 18.3 Å². The predicted molar refractivity (Wildman–Crippen MR) is 76.7 cm³/mol. The second-order valence-corrected chi connectivity index (χ2v) is 6.63. The second-order valence-electron chi connectivity index (χ2n) is 3.74. The van der Waals surface area contributed by atoms with Gasteiger partial charge in [-0.1, -0.05) is 17.7 Å². The third kappa shape index (κ3) is 3.43. The van der Waals surface area contributed by atoms with Crippen molar-refractivity contribution in [3.63, 3.8) is 0 Å². The fourth-order valence-corrected chi connectivity index (χ4v) is 3.67. The van der Waals surface area contributed by atoms with Gasteiger partial charge in [-0.25, -0.2) is 23.1 Å². The van der Waals surface area contributed by atoms with Gasteiger partial charge in [0.2, 0.25) is 5.95 Å². The van der Waals surface area contributed by atoms with Gasteiger partial charge in [0.05, 0.1) is 0 Å². The van der Waals surface area contributed by atoms with Crippen LogP contribution in [0.15, 0.2) is 39.8 Å². The maximum Gasteiger partial charge on any atom is 0.265 e. The molecule has 100 valence electrons. The van der Waals surface area contributed by atoms with Crippen molar-refractivity contribution in [1.82, 2.24) is 9.97 Å². The summed E-state index contributed by atoms with van der Waals surface area (Å²) < 4.78 is 27.1. The molecule has 0 unspecified atom stereocenters. The summed E-state index contributed by atoms with van der Waals surface area (Å²) in [6, 6.07) is 6.39. The number of nitrogens with zero attached hydrogens (tertiary/aromatic N) is 2. The Kier molecular flexibility index (Phi) is 4.07. The van der Waals surface area contributed by atoms with Gasteiger partial charge in [-0.3, -0.25) is 0 Å². The Balaban J connectivity index is 2.38. The smallest absolute Gasteiger partial charge is 0.247 e. The first-order valence-electron chi connectivity index (χ1n) is 5.16. The van der Waals surface area contributed by atoms with Gasteiger partial charge in [0, 0.05) is 10.7 Å². The van der Waals surface area contributed by atoms with E-state index < -0.39 is 10.0 Å². The van der Waals surface area contributed by atoms with Crippen LogP contribution in [0.5, 0.6) is 0 Å². The Bertz CT molecular complexity index is 722. The van der Waals surface area contributed by atoms with E-state index in [9.17, 15) is 8.42 Å². The van der Waals surface area contributed by atoms with Crippen LogP contribution in [0, 0.1) is 6.92 Å². The van der Waals surface area contributed by atoms with E-state index in [1.54, 1.807) is 12.1 Å². The van der Waals surface area contributed by atoms with Gasteiger partial charge < -0.3 is 0 Å². The molecule has 0 radical (unpaired) electrons. The fraction of sp³-hybridized carbons (Fsp3) is 0.0909. The molecule has 2 aromatic rings. The molecule has 1 N–H and O–H groups in total. The Morgan fingerprint density at radius 1 is 1.32 bits per heavy atom. The van der Waals surface area contributed by atoms with Crippen LogP contribution in [-0.4, -0.2) is 18.4 Å². The van der Waals surface area contributed by atoms with Gasteiger partial charge in [-0.05, 0) is 46.6 Å². The third-order valence-corrected chi connectivity index (χ3v) is 4.74. The highest BCUT2D eigenvalue weighted by Crippen LogP contribution is 2.24. The quantitative estimate of drug-likeness (QED) is 0.852. The number of nitrogens with one attached hydrogen (secondary N) is 1. The molecule has 0 fully saturated rings. The summed E-state index contributed by atoms with van der Waals surface area (Å²) in [5.74, 6) is -0.0695. The van der Waals surface area contributed by atoms with E-state index in [1.807, 2.05) is 6.92 Å². The number of hydrogen-bond donors (Lipinski definition) is 1. The highest BCUT2D eigenvalue weighted by atomic mass is 79.9. The molecule has 0 saturated heterocycles. The first kappa shape index (κ1) is 14.2. The van der Waals surface area contributed by atoms with E-state index >= 15 is 0 Å². The van der Waals surface area contributed by atoms with Gasteiger partial charge in [-0.2, -0.15) is 0 Å². The first-order chi connectivity index (χ1) is 8.88. The number of halogens is 2. The van der Waals surface area contributed by atoms with E-state index in [-0.39, 0.29) is 16.0 Å². The Morgan fingerprint density at radius 3 is 2.68 bits per heavy atom. The molecule has 8 heteroatoms. The number of benzene rings is 1. The Labute approximate surface area is 124 Å². The Hall–Kier alpha value is -1.18. The van der Waals surface area contributed by atoms with Crippen molar-refractivity contribution in [3.05, 3.63) is 45.7 Å². The van der Waals surface area contributed by atoms with Gasteiger partial charge in [0.1, 0.15) is 10.0 Å². The largest absolute Gasteiger partial charge is 0.265 e. The third-order valence-electron chi connectivity index (χ3n) is 2.22. The molecule has 0 atom stereocenters. The number of rotatable bonds is 3. The Morgan fingerprint density at radius 2 is 2.05 bits per heavy atom. The summed E-state index contributed by atoms with van der Waals surface area (Å²) in [5.41, 5.74) is 0.949.